The molecule has 0 aliphatic carbocycles. The molecule has 0 saturated carbocycles. The molecule has 1 saturated heterocycles. The molecule has 2 atom stereocenters. The van der Waals surface area contributed by atoms with Crippen molar-refractivity contribution >= 4 is 11.7 Å². The number of amidine groups is 1. The molecule has 98 valence electrons. The van der Waals surface area contributed by atoms with Crippen molar-refractivity contribution in [3.05, 3.63) is 18.1 Å². The number of aromatic nitrogens is 2. The van der Waals surface area contributed by atoms with Gasteiger partial charge in [-0.15, -0.1) is 0 Å². The van der Waals surface area contributed by atoms with E-state index in [0.717, 1.165) is 0 Å². The Balaban J connectivity index is 2.26. The van der Waals surface area contributed by atoms with E-state index in [1.165, 1.54) is 6.20 Å². The first-order valence-corrected chi connectivity index (χ1v) is 5.63. The summed E-state index contributed by atoms with van der Waals surface area (Å²) >= 11 is 0. The van der Waals surface area contributed by atoms with Gasteiger partial charge in [0.25, 0.3) is 0 Å². The van der Waals surface area contributed by atoms with E-state index in [0.29, 0.717) is 24.6 Å². The van der Waals surface area contributed by atoms with Crippen molar-refractivity contribution in [3.63, 3.8) is 0 Å². The van der Waals surface area contributed by atoms with Crippen LogP contribution in [0.4, 0.5) is 5.82 Å². The number of hydrogen-bond donors (Lipinski definition) is 2. The molecule has 7 nitrogen and oxygen atoms in total. The maximum absolute atomic E-state index is 7.52. The van der Waals surface area contributed by atoms with E-state index in [4.69, 9.17) is 20.6 Å². The number of anilines is 1. The Morgan fingerprint density at radius 2 is 1.83 bits per heavy atom. The third kappa shape index (κ3) is 2.27. The van der Waals surface area contributed by atoms with Crippen molar-refractivity contribution < 1.29 is 9.47 Å². The van der Waals surface area contributed by atoms with Crippen LogP contribution in [0.15, 0.2) is 12.4 Å². The first kappa shape index (κ1) is 12.7. The third-order valence-electron chi connectivity index (χ3n) is 3.05. The summed E-state index contributed by atoms with van der Waals surface area (Å²) in [6, 6.07) is 0. The lowest BCUT2D eigenvalue weighted by Gasteiger charge is -2.18. The van der Waals surface area contributed by atoms with Crippen LogP contribution in [0, 0.1) is 5.41 Å². The molecule has 1 aromatic rings. The summed E-state index contributed by atoms with van der Waals surface area (Å²) in [5, 5.41) is 7.52. The van der Waals surface area contributed by atoms with Crippen molar-refractivity contribution in [2.24, 2.45) is 5.73 Å². The minimum atomic E-state index is -0.0899. The zero-order valence-electron chi connectivity index (χ0n) is 10.5. The minimum Gasteiger partial charge on any atom is -0.382 e. The lowest BCUT2D eigenvalue weighted by molar-refractivity contribution is -0.00461. The SMILES string of the molecule is COC1CN(c2nccnc2C(=N)N)CC1OC. The summed E-state index contributed by atoms with van der Waals surface area (Å²) in [5.41, 5.74) is 5.90. The number of rotatable bonds is 4. The highest BCUT2D eigenvalue weighted by Crippen LogP contribution is 2.23. The minimum absolute atomic E-state index is 0.0168. The molecule has 0 bridgehead atoms. The Morgan fingerprint density at radius 3 is 2.33 bits per heavy atom. The van der Waals surface area contributed by atoms with E-state index >= 15 is 0 Å². The zero-order chi connectivity index (χ0) is 13.1. The quantitative estimate of drug-likeness (QED) is 0.559. The molecule has 1 aromatic heterocycles. The molecule has 2 rings (SSSR count). The van der Waals surface area contributed by atoms with Gasteiger partial charge in [0.05, 0.1) is 0 Å². The molecule has 0 amide bonds. The van der Waals surface area contributed by atoms with Gasteiger partial charge in [0.2, 0.25) is 0 Å². The van der Waals surface area contributed by atoms with Crippen LogP contribution in [-0.4, -0.2) is 55.3 Å². The van der Waals surface area contributed by atoms with Gasteiger partial charge in [0, 0.05) is 39.7 Å². The molecule has 0 aromatic carbocycles. The summed E-state index contributed by atoms with van der Waals surface area (Å²) in [6.45, 7) is 1.29. The van der Waals surface area contributed by atoms with Gasteiger partial charge in [0.15, 0.2) is 5.82 Å². The number of hydrogen-bond acceptors (Lipinski definition) is 6. The van der Waals surface area contributed by atoms with Crippen molar-refractivity contribution in [1.82, 2.24) is 9.97 Å². The highest BCUT2D eigenvalue weighted by Gasteiger charge is 2.35. The molecule has 3 N–H and O–H groups in total. The number of nitrogens with two attached hydrogens (primary N) is 1. The van der Waals surface area contributed by atoms with Crippen LogP contribution in [0.1, 0.15) is 5.69 Å². The van der Waals surface area contributed by atoms with E-state index in [1.54, 1.807) is 20.4 Å². The summed E-state index contributed by atoms with van der Waals surface area (Å²) in [5.74, 6) is 0.513. The maximum Gasteiger partial charge on any atom is 0.158 e. The number of ether oxygens (including phenoxy) is 2. The summed E-state index contributed by atoms with van der Waals surface area (Å²) in [6.07, 6.45) is 3.08. The van der Waals surface area contributed by atoms with Gasteiger partial charge in [-0.1, -0.05) is 0 Å². The highest BCUT2D eigenvalue weighted by atomic mass is 16.5. The average Bonchev–Trinajstić information content (AvgIpc) is 2.81. The van der Waals surface area contributed by atoms with Crippen LogP contribution in [0.3, 0.4) is 0 Å². The Labute approximate surface area is 105 Å². The summed E-state index contributed by atoms with van der Waals surface area (Å²) < 4.78 is 10.7. The topological polar surface area (TPSA) is 97.4 Å². The van der Waals surface area contributed by atoms with Crippen molar-refractivity contribution in [2.75, 3.05) is 32.2 Å². The van der Waals surface area contributed by atoms with Gasteiger partial charge in [-0.3, -0.25) is 5.41 Å². The average molecular weight is 251 g/mol. The predicted molar refractivity (Wildman–Crippen MR) is 66.9 cm³/mol. The first-order valence-electron chi connectivity index (χ1n) is 5.63. The van der Waals surface area contributed by atoms with Crippen LogP contribution in [0.2, 0.25) is 0 Å². The monoisotopic (exact) mass is 251 g/mol. The Bertz CT molecular complexity index is 427. The molecular weight excluding hydrogens is 234 g/mol. The largest absolute Gasteiger partial charge is 0.382 e. The van der Waals surface area contributed by atoms with Gasteiger partial charge in [-0.25, -0.2) is 9.97 Å². The van der Waals surface area contributed by atoms with E-state index in [9.17, 15) is 0 Å². The van der Waals surface area contributed by atoms with Crippen LogP contribution >= 0.6 is 0 Å². The van der Waals surface area contributed by atoms with E-state index < -0.39 is 0 Å². The van der Waals surface area contributed by atoms with Crippen LogP contribution in [0.25, 0.3) is 0 Å². The van der Waals surface area contributed by atoms with Gasteiger partial charge >= 0.3 is 0 Å². The van der Waals surface area contributed by atoms with Crippen LogP contribution < -0.4 is 10.6 Å². The predicted octanol–water partition coefficient (Wildman–Crippen LogP) is -0.389. The molecule has 1 aliphatic rings. The number of methoxy groups -OCH3 is 2. The summed E-state index contributed by atoms with van der Waals surface area (Å²) in [7, 11) is 3.31. The molecule has 0 radical (unpaired) electrons. The van der Waals surface area contributed by atoms with Crippen molar-refractivity contribution in [3.8, 4) is 0 Å². The Morgan fingerprint density at radius 1 is 1.28 bits per heavy atom. The molecule has 2 unspecified atom stereocenters. The van der Waals surface area contributed by atoms with Gasteiger partial charge in [-0.05, 0) is 0 Å². The molecule has 1 fully saturated rings. The third-order valence-corrected chi connectivity index (χ3v) is 3.05. The molecular formula is C11H17N5O2. The molecule has 0 spiro atoms. The fraction of sp³-hybridized carbons (Fsp3) is 0.545. The molecule has 1 aliphatic heterocycles. The molecule has 18 heavy (non-hydrogen) atoms. The second-order valence-electron chi connectivity index (χ2n) is 4.10. The van der Waals surface area contributed by atoms with Crippen LogP contribution in [0.5, 0.6) is 0 Å². The number of nitrogens with zero attached hydrogens (tertiary/aromatic N) is 3. The number of nitrogen functional groups attached to an aromatic ring is 1. The summed E-state index contributed by atoms with van der Waals surface area (Å²) in [4.78, 5) is 10.3. The van der Waals surface area contributed by atoms with Crippen molar-refractivity contribution in [2.45, 2.75) is 12.2 Å². The van der Waals surface area contributed by atoms with Crippen LogP contribution in [-0.2, 0) is 9.47 Å². The normalized spacial score (nSPS) is 23.3. The Kier molecular flexibility index (Phi) is 3.73. The smallest absolute Gasteiger partial charge is 0.158 e. The molecule has 2 heterocycles. The van der Waals surface area contributed by atoms with Gasteiger partial charge in [0.1, 0.15) is 23.7 Å². The second kappa shape index (κ2) is 5.28. The lowest BCUT2D eigenvalue weighted by Crippen LogP contribution is -2.27. The molecule has 7 heteroatoms. The van der Waals surface area contributed by atoms with Gasteiger partial charge < -0.3 is 20.1 Å². The highest BCUT2D eigenvalue weighted by molar-refractivity contribution is 5.97. The number of nitrogens with one attached hydrogen (secondary N) is 1. The zero-order valence-corrected chi connectivity index (χ0v) is 10.5. The first-order chi connectivity index (χ1) is 8.67. The standard InChI is InChI=1S/C11H17N5O2/c1-17-7-5-16(6-8(7)18-2)11-9(10(12)13)14-3-4-15-11/h3-4,7-8H,5-6H2,1-2H3,(H3,12,13). The second-order valence-corrected chi connectivity index (χ2v) is 4.10. The van der Waals surface area contributed by atoms with Crippen molar-refractivity contribution in [1.29, 1.82) is 5.41 Å². The van der Waals surface area contributed by atoms with Gasteiger partial charge in [-0.2, -0.15) is 0 Å². The Hall–Kier alpha value is -1.73. The van der Waals surface area contributed by atoms with E-state index in [-0.39, 0.29) is 18.0 Å². The van der Waals surface area contributed by atoms with E-state index in [1.807, 2.05) is 4.90 Å². The lowest BCUT2D eigenvalue weighted by atomic mass is 10.3. The fourth-order valence-electron chi connectivity index (χ4n) is 2.12. The fourth-order valence-corrected chi connectivity index (χ4v) is 2.12. The van der Waals surface area contributed by atoms with E-state index in [2.05, 4.69) is 9.97 Å². The maximum atomic E-state index is 7.52.